The molecule has 0 aliphatic rings. The fourth-order valence-electron chi connectivity index (χ4n) is 0. The number of hydrogen-bond donors (Lipinski definition) is 0. The van der Waals surface area contributed by atoms with Crippen LogP contribution in [-0.4, -0.2) is 0 Å². The zero-order valence-corrected chi connectivity index (χ0v) is 6.08. The van der Waals surface area contributed by atoms with Crippen LogP contribution in [0.1, 0.15) is 0 Å². The van der Waals surface area contributed by atoms with Crippen molar-refractivity contribution in [3.8, 4) is 0 Å². The first-order chi connectivity index (χ1) is 0. The molecule has 0 radical (unpaired) electrons. The van der Waals surface area contributed by atoms with Crippen molar-refractivity contribution >= 4 is 12.4 Å². The van der Waals surface area contributed by atoms with Crippen LogP contribution in [0.15, 0.2) is 0 Å². The Kier molecular flexibility index (Phi) is 283. The van der Waals surface area contributed by atoms with E-state index in [0.717, 1.165) is 0 Å². The molecule has 0 bridgehead atoms. The molecule has 0 spiro atoms. The van der Waals surface area contributed by atoms with Crippen LogP contribution in [0, 0.1) is 0 Å². The molecule has 0 aliphatic heterocycles. The molecule has 0 amide bonds. The van der Waals surface area contributed by atoms with Crippen molar-refractivity contribution in [2.24, 2.45) is 0 Å². The molecule has 0 aromatic rings. The molecule has 0 unspecified atom stereocenters. The first-order valence-corrected chi connectivity index (χ1v) is 0. The summed E-state index contributed by atoms with van der Waals surface area (Å²) in [4.78, 5) is 0. The van der Waals surface area contributed by atoms with E-state index in [1.54, 1.807) is 0 Å². The van der Waals surface area contributed by atoms with Gasteiger partial charge in [0.1, 0.15) is 0 Å². The van der Waals surface area contributed by atoms with Gasteiger partial charge in [-0.25, -0.2) is 0 Å². The Labute approximate surface area is 58.2 Å². The summed E-state index contributed by atoms with van der Waals surface area (Å²) in [6, 6.07) is 0. The Morgan fingerprint density at radius 2 is 0.750 bits per heavy atom. The van der Waals surface area contributed by atoms with Gasteiger partial charge in [0.15, 0.2) is 0 Å². The first kappa shape index (κ1) is 47.6. The van der Waals surface area contributed by atoms with Gasteiger partial charge < -0.3 is 24.8 Å². The number of halogens is 3. The zero-order valence-electron chi connectivity index (χ0n) is 1.48. The Morgan fingerprint density at radius 3 is 0.750 bits per heavy atom. The summed E-state index contributed by atoms with van der Waals surface area (Å²) < 4.78 is 0. The van der Waals surface area contributed by atoms with E-state index < -0.39 is 0 Å². The molecule has 0 N–H and O–H groups in total. The van der Waals surface area contributed by atoms with Crippen molar-refractivity contribution in [2.45, 2.75) is 0 Å². The average molecular weight is 302 g/mol. The molecule has 0 fully saturated rings. The summed E-state index contributed by atoms with van der Waals surface area (Å²) >= 11 is 0. The van der Waals surface area contributed by atoms with Gasteiger partial charge in [-0.05, 0) is 0 Å². The molecule has 0 aromatic carbocycles. The van der Waals surface area contributed by atoms with Crippen LogP contribution in [0.4, 0.5) is 0 Å². The van der Waals surface area contributed by atoms with Gasteiger partial charge in [0.25, 0.3) is 0 Å². The Bertz CT molecular complexity index is 3.25. The molecule has 0 heterocycles. The largest absolute Gasteiger partial charge is 2.00 e. The molecule has 0 atom stereocenters. The van der Waals surface area contributed by atoms with Crippen LogP contribution in [0.3, 0.4) is 0 Å². The van der Waals surface area contributed by atoms with Crippen molar-refractivity contribution in [3.63, 3.8) is 0 Å². The van der Waals surface area contributed by atoms with Crippen LogP contribution in [0.5, 0.6) is 0 Å². The van der Waals surface area contributed by atoms with E-state index in [2.05, 4.69) is 0 Å². The molecular weight excluding hydrogens is 301 g/mol. The fraction of sp³-hybridized carbons (Fsp3) is 0. The molecule has 4 heavy (non-hydrogen) atoms. The van der Waals surface area contributed by atoms with E-state index in [1.165, 1.54) is 0 Å². The molecule has 32 valence electrons. The third-order valence-electron chi connectivity index (χ3n) is 0. The second kappa shape index (κ2) is 23.8. The van der Waals surface area contributed by atoms with E-state index >= 15 is 0 Å². The molecule has 0 saturated carbocycles. The standard InChI is InChI=1S/3ClH.Pt/h3*1H;/q;;;+2/p-2. The van der Waals surface area contributed by atoms with Gasteiger partial charge in [-0.15, -0.1) is 12.4 Å². The molecular formula is HCl3Pt. The van der Waals surface area contributed by atoms with E-state index in [0.29, 0.717) is 0 Å². The molecule has 0 saturated heterocycles. The van der Waals surface area contributed by atoms with Crippen LogP contribution in [0.2, 0.25) is 0 Å². The van der Waals surface area contributed by atoms with Gasteiger partial charge in [0.05, 0.1) is 0 Å². The summed E-state index contributed by atoms with van der Waals surface area (Å²) in [6.45, 7) is 0. The van der Waals surface area contributed by atoms with Crippen LogP contribution in [0.25, 0.3) is 0 Å². The quantitative estimate of drug-likeness (QED) is 0.419. The Morgan fingerprint density at radius 1 is 0.750 bits per heavy atom. The molecule has 0 aliphatic carbocycles. The maximum absolute atomic E-state index is 0. The predicted molar refractivity (Wildman–Crippen MR) is 7.25 cm³/mol. The van der Waals surface area contributed by atoms with Crippen molar-refractivity contribution in [1.82, 2.24) is 0 Å². The second-order valence-corrected chi connectivity index (χ2v) is 0. The fourth-order valence-corrected chi connectivity index (χ4v) is 0. The normalized spacial score (nSPS) is 0. The minimum Gasteiger partial charge on any atom is -1.00 e. The van der Waals surface area contributed by atoms with Gasteiger partial charge in [0.2, 0.25) is 0 Å². The topological polar surface area (TPSA) is 0 Å². The monoisotopic (exact) mass is 301 g/mol. The van der Waals surface area contributed by atoms with Crippen molar-refractivity contribution in [3.05, 3.63) is 0 Å². The van der Waals surface area contributed by atoms with Gasteiger partial charge in [-0.2, -0.15) is 0 Å². The van der Waals surface area contributed by atoms with Crippen molar-refractivity contribution in [2.75, 3.05) is 0 Å². The van der Waals surface area contributed by atoms with Gasteiger partial charge in [-0.1, -0.05) is 0 Å². The molecule has 4 heteroatoms. The van der Waals surface area contributed by atoms with E-state index in [4.69, 9.17) is 0 Å². The van der Waals surface area contributed by atoms with Crippen molar-refractivity contribution in [1.29, 1.82) is 0 Å². The summed E-state index contributed by atoms with van der Waals surface area (Å²) in [7, 11) is 0. The van der Waals surface area contributed by atoms with Crippen LogP contribution >= 0.6 is 12.4 Å². The smallest absolute Gasteiger partial charge is 1.00 e. The summed E-state index contributed by atoms with van der Waals surface area (Å²) in [5.41, 5.74) is 0. The summed E-state index contributed by atoms with van der Waals surface area (Å²) in [6.07, 6.45) is 0. The van der Waals surface area contributed by atoms with Gasteiger partial charge in [-0.3, -0.25) is 0 Å². The SMILES string of the molecule is Cl.[Cl-].[Cl-].[Pt+2]. The molecule has 0 rings (SSSR count). The Balaban J connectivity index is 0. The zero-order chi connectivity index (χ0) is 0. The average Bonchev–Trinajstić information content (AvgIpc) is 0. The molecule has 0 aromatic heterocycles. The predicted octanol–water partition coefficient (Wildman–Crippen LogP) is -5.57. The third kappa shape index (κ3) is 9.59. The third-order valence-corrected chi connectivity index (χ3v) is 0. The number of rotatable bonds is 0. The maximum Gasteiger partial charge on any atom is 2.00 e. The number of hydrogen-bond acceptors (Lipinski definition) is 0. The summed E-state index contributed by atoms with van der Waals surface area (Å²) in [5, 5.41) is 0. The molecule has 0 nitrogen and oxygen atoms in total. The van der Waals surface area contributed by atoms with Crippen molar-refractivity contribution < 1.29 is 45.9 Å². The van der Waals surface area contributed by atoms with Gasteiger partial charge >= 0.3 is 21.1 Å². The second-order valence-electron chi connectivity index (χ2n) is 0. The van der Waals surface area contributed by atoms with Gasteiger partial charge in [0, 0.05) is 0 Å². The van der Waals surface area contributed by atoms with E-state index in [9.17, 15) is 0 Å². The Hall–Kier alpha value is 1.56. The summed E-state index contributed by atoms with van der Waals surface area (Å²) in [5.74, 6) is 0. The maximum atomic E-state index is 0. The van der Waals surface area contributed by atoms with Crippen LogP contribution < -0.4 is 24.8 Å². The van der Waals surface area contributed by atoms with Crippen LogP contribution in [-0.2, 0) is 21.1 Å². The van der Waals surface area contributed by atoms with E-state index in [1.807, 2.05) is 0 Å². The van der Waals surface area contributed by atoms with E-state index in [-0.39, 0.29) is 58.3 Å². The minimum atomic E-state index is 0. The first-order valence-electron chi connectivity index (χ1n) is 0. The minimum absolute atomic E-state index is 0.